The highest BCUT2D eigenvalue weighted by atomic mass is 32.2. The van der Waals surface area contributed by atoms with Gasteiger partial charge in [0.05, 0.1) is 6.10 Å². The predicted octanol–water partition coefficient (Wildman–Crippen LogP) is -1.99. The molecule has 0 aromatic rings. The molecule has 0 aliphatic heterocycles. The lowest BCUT2D eigenvalue weighted by Crippen LogP contribution is -2.58. The van der Waals surface area contributed by atoms with Crippen LogP contribution in [-0.4, -0.2) is 94.1 Å². The number of carboxylic acids is 1. The number of hydrogen-bond donors (Lipinski definition) is 7. The van der Waals surface area contributed by atoms with Crippen molar-refractivity contribution in [3.63, 3.8) is 0 Å². The Hall–Kier alpha value is -2.03. The molecular formula is C19H35N5O7S2. The van der Waals surface area contributed by atoms with Crippen LogP contribution >= 0.6 is 23.5 Å². The summed E-state index contributed by atoms with van der Waals surface area (Å²) in [5.41, 5.74) is 10.7. The Morgan fingerprint density at radius 1 is 0.818 bits per heavy atom. The van der Waals surface area contributed by atoms with Crippen LogP contribution in [0.4, 0.5) is 0 Å². The summed E-state index contributed by atoms with van der Waals surface area (Å²) in [6.07, 6.45) is 2.54. The van der Waals surface area contributed by atoms with Crippen molar-refractivity contribution in [2.75, 3.05) is 24.0 Å². The number of primary amides is 1. The molecule has 5 atom stereocenters. The number of nitrogens with one attached hydrogen (secondary N) is 3. The van der Waals surface area contributed by atoms with E-state index in [1.54, 1.807) is 0 Å². The van der Waals surface area contributed by atoms with Gasteiger partial charge in [-0.3, -0.25) is 19.2 Å². The molecule has 5 unspecified atom stereocenters. The van der Waals surface area contributed by atoms with Crippen molar-refractivity contribution in [2.24, 2.45) is 11.5 Å². The van der Waals surface area contributed by atoms with Gasteiger partial charge in [-0.05, 0) is 50.2 Å². The first-order valence-corrected chi connectivity index (χ1v) is 13.1. The Morgan fingerprint density at radius 3 is 1.61 bits per heavy atom. The van der Waals surface area contributed by atoms with Crippen LogP contribution in [0, 0.1) is 0 Å². The van der Waals surface area contributed by atoms with Gasteiger partial charge in [0.1, 0.15) is 24.2 Å². The minimum Gasteiger partial charge on any atom is -0.480 e. The maximum atomic E-state index is 12.9. The van der Waals surface area contributed by atoms with Crippen molar-refractivity contribution in [3.05, 3.63) is 0 Å². The summed E-state index contributed by atoms with van der Waals surface area (Å²) in [6.45, 7) is 1.35. The van der Waals surface area contributed by atoms with Crippen LogP contribution in [-0.2, 0) is 24.0 Å². The number of rotatable bonds is 17. The Kier molecular flexibility index (Phi) is 15.5. The molecule has 0 heterocycles. The van der Waals surface area contributed by atoms with Gasteiger partial charge in [-0.2, -0.15) is 23.5 Å². The Balaban J connectivity index is 5.42. The Morgan fingerprint density at radius 2 is 1.24 bits per heavy atom. The highest BCUT2D eigenvalue weighted by Gasteiger charge is 2.30. The van der Waals surface area contributed by atoms with Crippen LogP contribution in [0.1, 0.15) is 32.6 Å². The Bertz CT molecular complexity index is 681. The maximum absolute atomic E-state index is 12.9. The van der Waals surface area contributed by atoms with Crippen molar-refractivity contribution in [1.29, 1.82) is 0 Å². The van der Waals surface area contributed by atoms with Crippen LogP contribution < -0.4 is 27.4 Å². The third kappa shape index (κ3) is 12.7. The number of aliphatic carboxylic acids is 1. The molecule has 0 saturated carbocycles. The van der Waals surface area contributed by atoms with Crippen molar-refractivity contribution in [1.82, 2.24) is 16.0 Å². The molecule has 0 bridgehead atoms. The molecule has 12 nitrogen and oxygen atoms in total. The van der Waals surface area contributed by atoms with Crippen molar-refractivity contribution >= 4 is 53.1 Å². The number of nitrogens with two attached hydrogens (primary N) is 2. The van der Waals surface area contributed by atoms with Gasteiger partial charge in [0.15, 0.2) is 0 Å². The van der Waals surface area contributed by atoms with E-state index in [0.29, 0.717) is 11.5 Å². The zero-order valence-electron chi connectivity index (χ0n) is 19.0. The number of carbonyl (C=O) groups excluding carboxylic acids is 4. The minimum absolute atomic E-state index is 0.191. The van der Waals surface area contributed by atoms with E-state index in [0.717, 1.165) is 0 Å². The van der Waals surface area contributed by atoms with E-state index in [9.17, 15) is 34.2 Å². The second kappa shape index (κ2) is 16.6. The quantitative estimate of drug-likeness (QED) is 0.114. The lowest BCUT2D eigenvalue weighted by molar-refractivity contribution is -0.142. The highest BCUT2D eigenvalue weighted by Crippen LogP contribution is 2.07. The molecule has 0 aromatic heterocycles. The summed E-state index contributed by atoms with van der Waals surface area (Å²) in [5.74, 6) is -3.11. The fourth-order valence-electron chi connectivity index (χ4n) is 2.58. The SMILES string of the molecule is CSCCC(NC(=O)C(CCSC)NC(=O)C(N)C(C)O)C(=O)NC(CCC(N)=O)C(=O)O. The zero-order chi connectivity index (χ0) is 25.6. The van der Waals surface area contributed by atoms with Gasteiger partial charge in [0, 0.05) is 6.42 Å². The number of carboxylic acid groups (broad SMARTS) is 1. The standard InChI is InChI=1S/C19H35N5O7S2/c1-10(25)15(21)18(29)23-12(7-9-33-3)16(27)22-11(6-8-32-2)17(28)24-13(19(30)31)4-5-14(20)26/h10-13,15,25H,4-9,21H2,1-3H3,(H2,20,26)(H,22,27)(H,23,29)(H,24,28)(H,30,31). The number of aliphatic hydroxyl groups is 1. The van der Waals surface area contributed by atoms with Gasteiger partial charge in [0.25, 0.3) is 0 Å². The van der Waals surface area contributed by atoms with Crippen molar-refractivity contribution < 1.29 is 34.2 Å². The van der Waals surface area contributed by atoms with E-state index < -0.39 is 59.9 Å². The molecular weight excluding hydrogens is 474 g/mol. The van der Waals surface area contributed by atoms with Crippen molar-refractivity contribution in [2.45, 2.75) is 62.9 Å². The number of carbonyl (C=O) groups is 5. The molecule has 0 saturated heterocycles. The minimum atomic E-state index is -1.35. The average molecular weight is 510 g/mol. The van der Waals surface area contributed by atoms with Gasteiger partial charge in [-0.1, -0.05) is 0 Å². The van der Waals surface area contributed by atoms with Gasteiger partial charge >= 0.3 is 5.97 Å². The van der Waals surface area contributed by atoms with E-state index in [1.165, 1.54) is 30.4 Å². The topological polar surface area (TPSA) is 214 Å². The molecule has 0 fully saturated rings. The van der Waals surface area contributed by atoms with Gasteiger partial charge in [-0.15, -0.1) is 0 Å². The number of amides is 4. The molecule has 0 aliphatic carbocycles. The molecule has 190 valence electrons. The van der Waals surface area contributed by atoms with E-state index in [1.807, 2.05) is 12.5 Å². The van der Waals surface area contributed by atoms with E-state index in [2.05, 4.69) is 16.0 Å². The van der Waals surface area contributed by atoms with Crippen molar-refractivity contribution in [3.8, 4) is 0 Å². The summed E-state index contributed by atoms with van der Waals surface area (Å²) in [5, 5.41) is 26.2. The van der Waals surface area contributed by atoms with E-state index in [-0.39, 0.29) is 25.7 Å². The van der Waals surface area contributed by atoms with E-state index >= 15 is 0 Å². The lowest BCUT2D eigenvalue weighted by Gasteiger charge is -2.25. The first-order chi connectivity index (χ1) is 15.4. The predicted molar refractivity (Wildman–Crippen MR) is 128 cm³/mol. The molecule has 9 N–H and O–H groups in total. The second-order valence-electron chi connectivity index (χ2n) is 7.36. The molecule has 14 heteroatoms. The summed E-state index contributed by atoms with van der Waals surface area (Å²) < 4.78 is 0. The van der Waals surface area contributed by atoms with Crippen LogP contribution in [0.5, 0.6) is 0 Å². The third-order valence-corrected chi connectivity index (χ3v) is 5.89. The smallest absolute Gasteiger partial charge is 0.326 e. The number of thioether (sulfide) groups is 2. The summed E-state index contributed by atoms with van der Waals surface area (Å²) in [4.78, 5) is 60.3. The molecule has 0 aliphatic rings. The maximum Gasteiger partial charge on any atom is 0.326 e. The molecule has 0 aromatic carbocycles. The zero-order valence-corrected chi connectivity index (χ0v) is 20.7. The lowest BCUT2D eigenvalue weighted by atomic mass is 10.1. The van der Waals surface area contributed by atoms with Crippen LogP contribution in [0.25, 0.3) is 0 Å². The third-order valence-electron chi connectivity index (χ3n) is 4.60. The first kappa shape index (κ1) is 31.0. The monoisotopic (exact) mass is 509 g/mol. The fourth-order valence-corrected chi connectivity index (χ4v) is 3.53. The summed E-state index contributed by atoms with van der Waals surface area (Å²) in [7, 11) is 0. The van der Waals surface area contributed by atoms with Crippen LogP contribution in [0.15, 0.2) is 0 Å². The normalized spacial score (nSPS) is 15.4. The summed E-state index contributed by atoms with van der Waals surface area (Å²) in [6, 6.07) is -4.66. The average Bonchev–Trinajstić information content (AvgIpc) is 2.75. The molecule has 0 spiro atoms. The molecule has 0 rings (SSSR count). The second-order valence-corrected chi connectivity index (χ2v) is 9.33. The number of hydrogen-bond acceptors (Lipinski definition) is 9. The highest BCUT2D eigenvalue weighted by molar-refractivity contribution is 7.98. The number of aliphatic hydroxyl groups excluding tert-OH is 1. The van der Waals surface area contributed by atoms with Crippen LogP contribution in [0.2, 0.25) is 0 Å². The van der Waals surface area contributed by atoms with E-state index in [4.69, 9.17) is 11.5 Å². The van der Waals surface area contributed by atoms with Gasteiger partial charge in [0.2, 0.25) is 23.6 Å². The molecule has 33 heavy (non-hydrogen) atoms. The molecule has 0 radical (unpaired) electrons. The Labute approximate surface area is 201 Å². The first-order valence-electron chi connectivity index (χ1n) is 10.3. The molecule has 4 amide bonds. The van der Waals surface area contributed by atoms with Gasteiger partial charge < -0.3 is 37.6 Å². The fraction of sp³-hybridized carbons (Fsp3) is 0.737. The summed E-state index contributed by atoms with van der Waals surface area (Å²) >= 11 is 2.88. The van der Waals surface area contributed by atoms with Gasteiger partial charge in [-0.25, -0.2) is 4.79 Å². The van der Waals surface area contributed by atoms with Crippen LogP contribution in [0.3, 0.4) is 0 Å². The largest absolute Gasteiger partial charge is 0.480 e.